The molecule has 1 aromatic heterocycles. The minimum Gasteiger partial charge on any atom is -0.755 e. The van der Waals surface area contributed by atoms with Crippen molar-refractivity contribution in [3.8, 4) is 0 Å². The number of hydrogen-bond acceptors (Lipinski definition) is 3. The van der Waals surface area contributed by atoms with Gasteiger partial charge in [0.2, 0.25) is 0 Å². The van der Waals surface area contributed by atoms with Crippen molar-refractivity contribution < 1.29 is 8.76 Å². The van der Waals surface area contributed by atoms with Crippen LogP contribution >= 0.6 is 11.6 Å². The lowest BCUT2D eigenvalue weighted by Gasteiger charge is -2.20. The van der Waals surface area contributed by atoms with E-state index >= 15 is 0 Å². The summed E-state index contributed by atoms with van der Waals surface area (Å²) in [5.74, 6) is 0.217. The van der Waals surface area contributed by atoms with Gasteiger partial charge in [0.25, 0.3) is 0 Å². The Balaban J connectivity index is 2.71. The van der Waals surface area contributed by atoms with Gasteiger partial charge in [0.05, 0.1) is 15.9 Å². The van der Waals surface area contributed by atoms with Gasteiger partial charge in [-0.25, -0.2) is 0 Å². The van der Waals surface area contributed by atoms with E-state index in [2.05, 4.69) is 35.7 Å². The summed E-state index contributed by atoms with van der Waals surface area (Å²) in [5.41, 5.74) is 1.69. The number of hydrogen-bond donors (Lipinski definition) is 2. The summed E-state index contributed by atoms with van der Waals surface area (Å²) in [5, 5.41) is 7.85. The Morgan fingerprint density at radius 2 is 2.11 bits per heavy atom. The van der Waals surface area contributed by atoms with E-state index in [1.165, 1.54) is 0 Å². The maximum Gasteiger partial charge on any atom is 0.168 e. The first-order valence-corrected chi connectivity index (χ1v) is 6.79. The molecule has 2 aromatic rings. The highest BCUT2D eigenvalue weighted by Gasteiger charge is 2.21. The zero-order chi connectivity index (χ0) is 13.5. The van der Waals surface area contributed by atoms with Gasteiger partial charge in [0, 0.05) is 11.3 Å². The Hall–Kier alpha value is -1.11. The molecule has 0 saturated heterocycles. The summed E-state index contributed by atoms with van der Waals surface area (Å²) < 4.78 is 23.6. The molecule has 0 aliphatic rings. The molecule has 1 heterocycles. The van der Waals surface area contributed by atoms with Crippen molar-refractivity contribution in [3.05, 3.63) is 22.7 Å². The molecule has 0 fully saturated rings. The fraction of sp³-hybridized carbons (Fsp3) is 0.364. The molecule has 0 saturated carbocycles. The van der Waals surface area contributed by atoms with Crippen molar-refractivity contribution in [2.24, 2.45) is 0 Å². The number of nitrogens with zero attached hydrogens (tertiary/aromatic N) is 1. The first-order chi connectivity index (χ1) is 8.30. The predicted octanol–water partition coefficient (Wildman–Crippen LogP) is 2.72. The topological polar surface area (TPSA) is 80.8 Å². The molecule has 0 amide bonds. The number of H-pyrrole nitrogens is 1. The zero-order valence-electron chi connectivity index (χ0n) is 10.2. The Kier molecular flexibility index (Phi) is 3.35. The molecule has 0 radical (unpaired) electrons. The highest BCUT2D eigenvalue weighted by molar-refractivity contribution is 7.80. The summed E-state index contributed by atoms with van der Waals surface area (Å²) in [6.45, 7) is 6.19. The Labute approximate surface area is 112 Å². The molecule has 98 valence electrons. The third kappa shape index (κ3) is 2.36. The molecule has 18 heavy (non-hydrogen) atoms. The summed E-state index contributed by atoms with van der Waals surface area (Å²) in [7, 11) is 0. The quantitative estimate of drug-likeness (QED) is 0.833. The maximum atomic E-state index is 10.7. The number of anilines is 1. The largest absolute Gasteiger partial charge is 0.755 e. The van der Waals surface area contributed by atoms with Gasteiger partial charge >= 0.3 is 0 Å². The number of nitrogens with one attached hydrogen (secondary N) is 2. The highest BCUT2D eigenvalue weighted by atomic mass is 35.5. The van der Waals surface area contributed by atoms with E-state index in [-0.39, 0.29) is 11.2 Å². The van der Waals surface area contributed by atoms with Gasteiger partial charge in [-0.05, 0) is 17.0 Å². The van der Waals surface area contributed by atoms with E-state index in [0.29, 0.717) is 10.4 Å². The lowest BCUT2D eigenvalue weighted by Crippen LogP contribution is -2.11. The summed E-state index contributed by atoms with van der Waals surface area (Å²) in [6, 6.07) is 3.67. The number of halogens is 1. The summed E-state index contributed by atoms with van der Waals surface area (Å²) in [4.78, 5) is 0. The molecule has 0 aliphatic heterocycles. The van der Waals surface area contributed by atoms with Crippen molar-refractivity contribution in [1.29, 1.82) is 0 Å². The van der Waals surface area contributed by atoms with Crippen LogP contribution in [0.2, 0.25) is 5.02 Å². The molecule has 1 unspecified atom stereocenters. The number of aromatic nitrogens is 2. The predicted molar refractivity (Wildman–Crippen MR) is 72.3 cm³/mol. The van der Waals surface area contributed by atoms with Gasteiger partial charge in [-0.2, -0.15) is 5.10 Å². The lowest BCUT2D eigenvalue weighted by atomic mass is 9.86. The van der Waals surface area contributed by atoms with Crippen LogP contribution in [0.1, 0.15) is 26.3 Å². The number of rotatable bonds is 2. The first-order valence-electron chi connectivity index (χ1n) is 5.33. The number of aromatic amines is 1. The van der Waals surface area contributed by atoms with E-state index in [4.69, 9.17) is 11.6 Å². The summed E-state index contributed by atoms with van der Waals surface area (Å²) >= 11 is 3.68. The van der Waals surface area contributed by atoms with Crippen molar-refractivity contribution in [1.82, 2.24) is 10.2 Å². The fourth-order valence-electron chi connectivity index (χ4n) is 1.87. The standard InChI is InChI=1S/C11H14ClN3O2S/c1-11(2,3)6-4-5-7(12)8-9(6)13-14-10(8)15-18(16)17/h4-5H,1-3H3,(H,16,17)(H2,13,14,15)/p-1. The van der Waals surface area contributed by atoms with Crippen LogP contribution in [-0.4, -0.2) is 19.0 Å². The molecule has 2 rings (SSSR count). The third-order valence-corrected chi connectivity index (χ3v) is 3.33. The average molecular weight is 287 g/mol. The van der Waals surface area contributed by atoms with E-state index in [0.717, 1.165) is 11.1 Å². The van der Waals surface area contributed by atoms with E-state index in [9.17, 15) is 8.76 Å². The minimum atomic E-state index is -2.43. The van der Waals surface area contributed by atoms with Crippen LogP contribution in [0.3, 0.4) is 0 Å². The van der Waals surface area contributed by atoms with Gasteiger partial charge in [0.1, 0.15) is 0 Å². The molecule has 2 N–H and O–H groups in total. The van der Waals surface area contributed by atoms with Crippen molar-refractivity contribution in [2.75, 3.05) is 4.72 Å². The van der Waals surface area contributed by atoms with Gasteiger partial charge in [-0.1, -0.05) is 38.4 Å². The molecule has 0 bridgehead atoms. The molecule has 1 atom stereocenters. The Morgan fingerprint density at radius 1 is 1.44 bits per heavy atom. The van der Waals surface area contributed by atoms with Gasteiger partial charge < -0.3 is 4.55 Å². The van der Waals surface area contributed by atoms with Crippen molar-refractivity contribution in [2.45, 2.75) is 26.2 Å². The Bertz CT molecular complexity index is 619. The molecular formula is C11H13ClN3O2S-. The number of benzene rings is 1. The van der Waals surface area contributed by atoms with Gasteiger partial charge in [0.15, 0.2) is 5.82 Å². The van der Waals surface area contributed by atoms with E-state index < -0.39 is 11.3 Å². The summed E-state index contributed by atoms with van der Waals surface area (Å²) in [6.07, 6.45) is 0. The zero-order valence-corrected chi connectivity index (χ0v) is 11.8. The van der Waals surface area contributed by atoms with Crippen LogP contribution < -0.4 is 4.72 Å². The minimum absolute atomic E-state index is 0.0940. The van der Waals surface area contributed by atoms with Crippen molar-refractivity contribution in [3.63, 3.8) is 0 Å². The average Bonchev–Trinajstić information content (AvgIpc) is 2.60. The molecular weight excluding hydrogens is 274 g/mol. The fourth-order valence-corrected chi connectivity index (χ4v) is 2.42. The SMILES string of the molecule is CC(C)(C)c1ccc(Cl)c2c(NS(=O)[O-])n[nH]c12. The van der Waals surface area contributed by atoms with Crippen LogP contribution in [0, 0.1) is 0 Å². The maximum absolute atomic E-state index is 10.7. The van der Waals surface area contributed by atoms with Crippen LogP contribution in [0.5, 0.6) is 0 Å². The molecule has 7 heteroatoms. The van der Waals surface area contributed by atoms with Crippen LogP contribution in [-0.2, 0) is 16.7 Å². The first kappa shape index (κ1) is 13.3. The second-order valence-corrected chi connectivity index (χ2v) is 6.08. The smallest absolute Gasteiger partial charge is 0.168 e. The van der Waals surface area contributed by atoms with Gasteiger partial charge in [-0.3, -0.25) is 14.0 Å². The highest BCUT2D eigenvalue weighted by Crippen LogP contribution is 2.36. The normalized spacial score (nSPS) is 13.8. The van der Waals surface area contributed by atoms with Crippen LogP contribution in [0.4, 0.5) is 5.82 Å². The van der Waals surface area contributed by atoms with Crippen LogP contribution in [0.25, 0.3) is 10.9 Å². The number of fused-ring (bicyclic) bond motifs is 1. The third-order valence-electron chi connectivity index (χ3n) is 2.66. The molecule has 1 aromatic carbocycles. The van der Waals surface area contributed by atoms with Crippen molar-refractivity contribution >= 4 is 39.6 Å². The lowest BCUT2D eigenvalue weighted by molar-refractivity contribution is 0.542. The van der Waals surface area contributed by atoms with Gasteiger partial charge in [-0.15, -0.1) is 0 Å². The Morgan fingerprint density at radius 3 is 2.67 bits per heavy atom. The molecule has 5 nitrogen and oxygen atoms in total. The second-order valence-electron chi connectivity index (χ2n) is 5.00. The van der Waals surface area contributed by atoms with E-state index in [1.54, 1.807) is 6.07 Å². The van der Waals surface area contributed by atoms with Crippen LogP contribution in [0.15, 0.2) is 12.1 Å². The van der Waals surface area contributed by atoms with E-state index in [1.807, 2.05) is 6.07 Å². The molecule has 0 spiro atoms. The monoisotopic (exact) mass is 286 g/mol. The molecule has 0 aliphatic carbocycles. The second kappa shape index (κ2) is 4.53.